The molecule has 3 saturated heterocycles. The number of likely N-dealkylation sites (tertiary alicyclic amines) is 1. The van der Waals surface area contributed by atoms with Crippen LogP contribution in [0.15, 0.2) is 18.2 Å². The van der Waals surface area contributed by atoms with Gasteiger partial charge in [0.2, 0.25) is 6.41 Å². The lowest BCUT2D eigenvalue weighted by Crippen LogP contribution is -2.50. The van der Waals surface area contributed by atoms with Crippen LogP contribution in [0.25, 0.3) is 0 Å². The van der Waals surface area contributed by atoms with Crippen molar-refractivity contribution in [1.82, 2.24) is 9.80 Å². The number of hydrogen-bond acceptors (Lipinski definition) is 7. The molecule has 2 atom stereocenters. The summed E-state index contributed by atoms with van der Waals surface area (Å²) in [5.41, 5.74) is 0.210. The molecular formula is C24H33FN4O6. The third-order valence-corrected chi connectivity index (χ3v) is 6.25. The zero-order chi connectivity index (χ0) is 25.2. The first-order valence-electron chi connectivity index (χ1n) is 12.0. The van der Waals surface area contributed by atoms with Crippen molar-refractivity contribution in [2.24, 2.45) is 0 Å². The topological polar surface area (TPSA) is 91.9 Å². The van der Waals surface area contributed by atoms with Crippen LogP contribution in [0.5, 0.6) is 0 Å². The van der Waals surface area contributed by atoms with E-state index >= 15 is 0 Å². The Bertz CT molecular complexity index is 948. The highest BCUT2D eigenvalue weighted by Crippen LogP contribution is 2.29. The van der Waals surface area contributed by atoms with E-state index < -0.39 is 35.9 Å². The number of halogens is 1. The molecule has 4 rings (SSSR count). The number of benzene rings is 1. The number of anilines is 2. The molecule has 0 aliphatic carbocycles. The van der Waals surface area contributed by atoms with E-state index in [1.165, 1.54) is 20.8 Å². The normalized spacial score (nSPS) is 22.9. The minimum atomic E-state index is -0.648. The van der Waals surface area contributed by atoms with E-state index in [0.717, 1.165) is 6.42 Å². The van der Waals surface area contributed by atoms with Crippen molar-refractivity contribution >= 4 is 30.0 Å². The summed E-state index contributed by atoms with van der Waals surface area (Å²) in [5.74, 6) is -0.422. The Morgan fingerprint density at radius 1 is 1.26 bits per heavy atom. The van der Waals surface area contributed by atoms with E-state index in [-0.39, 0.29) is 13.1 Å². The lowest BCUT2D eigenvalue weighted by molar-refractivity contribution is -0.124. The molecule has 1 aromatic carbocycles. The van der Waals surface area contributed by atoms with Gasteiger partial charge >= 0.3 is 12.2 Å². The van der Waals surface area contributed by atoms with Crippen molar-refractivity contribution < 1.29 is 33.0 Å². The van der Waals surface area contributed by atoms with E-state index in [2.05, 4.69) is 0 Å². The van der Waals surface area contributed by atoms with Gasteiger partial charge in [-0.05, 0) is 51.8 Å². The molecule has 1 aromatic rings. The molecule has 192 valence electrons. The average Bonchev–Trinajstić information content (AvgIpc) is 3.43. The third kappa shape index (κ3) is 5.77. The molecule has 35 heavy (non-hydrogen) atoms. The average molecular weight is 493 g/mol. The van der Waals surface area contributed by atoms with E-state index in [1.807, 2.05) is 4.90 Å². The van der Waals surface area contributed by atoms with Gasteiger partial charge < -0.3 is 24.0 Å². The second-order valence-electron chi connectivity index (χ2n) is 9.95. The zero-order valence-electron chi connectivity index (χ0n) is 20.4. The number of amides is 3. The molecule has 3 heterocycles. The maximum atomic E-state index is 14.9. The van der Waals surface area contributed by atoms with E-state index in [0.29, 0.717) is 57.1 Å². The number of carbonyl (C=O) groups excluding carboxylic acids is 3. The summed E-state index contributed by atoms with van der Waals surface area (Å²) in [6.45, 7) is 8.42. The summed E-state index contributed by atoms with van der Waals surface area (Å²) >= 11 is 0. The standard InChI is InChI=1S/C24H33FN4O6/c1-24(2,3)35-23(32)28-8-4-5-21(28)27(16-30)14-18-15-29(22(31)34-18)17-6-7-20(19(25)13-17)26-9-11-33-12-10-26/h6-7,13,16,18,21H,4-5,8-12,14-15H2,1-3H3. The predicted molar refractivity (Wildman–Crippen MR) is 126 cm³/mol. The Balaban J connectivity index is 1.40. The Morgan fingerprint density at radius 3 is 2.66 bits per heavy atom. The first kappa shape index (κ1) is 25.0. The molecular weight excluding hydrogens is 459 g/mol. The highest BCUT2D eigenvalue weighted by molar-refractivity contribution is 5.90. The van der Waals surface area contributed by atoms with E-state index in [1.54, 1.807) is 32.9 Å². The van der Waals surface area contributed by atoms with Gasteiger partial charge in [0.1, 0.15) is 23.7 Å². The maximum absolute atomic E-state index is 14.9. The van der Waals surface area contributed by atoms with Crippen LogP contribution in [0.2, 0.25) is 0 Å². The Hall–Kier alpha value is -3.08. The monoisotopic (exact) mass is 492 g/mol. The van der Waals surface area contributed by atoms with Gasteiger partial charge in [-0.15, -0.1) is 0 Å². The molecule has 0 N–H and O–H groups in total. The van der Waals surface area contributed by atoms with Crippen LogP contribution in [-0.4, -0.2) is 92.2 Å². The van der Waals surface area contributed by atoms with E-state index in [4.69, 9.17) is 14.2 Å². The van der Waals surface area contributed by atoms with E-state index in [9.17, 15) is 18.8 Å². The number of morpholine rings is 1. The molecule has 0 spiro atoms. The van der Waals surface area contributed by atoms with Crippen molar-refractivity contribution in [2.45, 2.75) is 51.5 Å². The summed E-state index contributed by atoms with van der Waals surface area (Å²) < 4.78 is 31.1. The first-order chi connectivity index (χ1) is 16.7. The van der Waals surface area contributed by atoms with Crippen molar-refractivity contribution in [3.63, 3.8) is 0 Å². The predicted octanol–water partition coefficient (Wildman–Crippen LogP) is 2.80. The molecule has 0 saturated carbocycles. The summed E-state index contributed by atoms with van der Waals surface area (Å²) in [6.07, 6.45) is -0.157. The molecule has 3 amide bonds. The van der Waals surface area contributed by atoms with Gasteiger partial charge in [0.25, 0.3) is 0 Å². The lowest BCUT2D eigenvalue weighted by atomic mass is 10.2. The summed E-state index contributed by atoms with van der Waals surface area (Å²) in [5, 5.41) is 0. The second-order valence-corrected chi connectivity index (χ2v) is 9.95. The number of cyclic esters (lactones) is 1. The van der Waals surface area contributed by atoms with Gasteiger partial charge in [-0.2, -0.15) is 0 Å². The molecule has 0 bridgehead atoms. The molecule has 3 aliphatic heterocycles. The van der Waals surface area contributed by atoms with Crippen LogP contribution in [0, 0.1) is 5.82 Å². The molecule has 3 aliphatic rings. The Kier molecular flexibility index (Phi) is 7.34. The minimum Gasteiger partial charge on any atom is -0.444 e. The molecule has 10 nitrogen and oxygen atoms in total. The Morgan fingerprint density at radius 2 is 2.00 bits per heavy atom. The lowest BCUT2D eigenvalue weighted by Gasteiger charge is -2.34. The van der Waals surface area contributed by atoms with Crippen LogP contribution in [0.1, 0.15) is 33.6 Å². The fourth-order valence-corrected chi connectivity index (χ4v) is 4.65. The molecule has 3 fully saturated rings. The molecule has 0 radical (unpaired) electrons. The van der Waals surface area contributed by atoms with Gasteiger partial charge in [0, 0.05) is 19.6 Å². The van der Waals surface area contributed by atoms with Crippen LogP contribution in [0.3, 0.4) is 0 Å². The quantitative estimate of drug-likeness (QED) is 0.564. The highest BCUT2D eigenvalue weighted by atomic mass is 19.1. The van der Waals surface area contributed by atoms with Crippen molar-refractivity contribution in [2.75, 3.05) is 55.7 Å². The summed E-state index contributed by atoms with van der Waals surface area (Å²) in [6, 6.07) is 4.68. The summed E-state index contributed by atoms with van der Waals surface area (Å²) in [4.78, 5) is 43.4. The van der Waals surface area contributed by atoms with Gasteiger partial charge in [0.05, 0.1) is 37.7 Å². The van der Waals surface area contributed by atoms with Crippen LogP contribution in [0.4, 0.5) is 25.4 Å². The zero-order valence-corrected chi connectivity index (χ0v) is 20.4. The largest absolute Gasteiger partial charge is 0.444 e. The van der Waals surface area contributed by atoms with Crippen LogP contribution >= 0.6 is 0 Å². The number of nitrogens with zero attached hydrogens (tertiary/aromatic N) is 4. The minimum absolute atomic E-state index is 0.115. The summed E-state index contributed by atoms with van der Waals surface area (Å²) in [7, 11) is 0. The maximum Gasteiger partial charge on any atom is 0.414 e. The second kappa shape index (κ2) is 10.3. The smallest absolute Gasteiger partial charge is 0.414 e. The molecule has 0 aromatic heterocycles. The van der Waals surface area contributed by atoms with Gasteiger partial charge in [-0.25, -0.2) is 14.0 Å². The van der Waals surface area contributed by atoms with Gasteiger partial charge in [-0.3, -0.25) is 14.6 Å². The first-order valence-corrected chi connectivity index (χ1v) is 12.0. The number of carbonyl (C=O) groups is 3. The highest BCUT2D eigenvalue weighted by Gasteiger charge is 2.39. The van der Waals surface area contributed by atoms with Gasteiger partial charge in [0.15, 0.2) is 0 Å². The van der Waals surface area contributed by atoms with Crippen molar-refractivity contribution in [3.05, 3.63) is 24.0 Å². The number of hydrogen-bond donors (Lipinski definition) is 0. The third-order valence-electron chi connectivity index (χ3n) is 6.25. The van der Waals surface area contributed by atoms with Crippen LogP contribution in [-0.2, 0) is 19.0 Å². The van der Waals surface area contributed by atoms with Gasteiger partial charge in [-0.1, -0.05) is 0 Å². The van der Waals surface area contributed by atoms with Crippen molar-refractivity contribution in [1.29, 1.82) is 0 Å². The molecule has 2 unspecified atom stereocenters. The van der Waals surface area contributed by atoms with Crippen LogP contribution < -0.4 is 9.80 Å². The number of rotatable bonds is 6. The SMILES string of the molecule is CC(C)(C)OC(=O)N1CCCC1N(C=O)CC1CN(c2ccc(N3CCOCC3)c(F)c2)C(=O)O1. The fraction of sp³-hybridized carbons (Fsp3) is 0.625. The fourth-order valence-electron chi connectivity index (χ4n) is 4.65. The Labute approximate surface area is 204 Å². The van der Waals surface area contributed by atoms with Crippen molar-refractivity contribution in [3.8, 4) is 0 Å². The molecule has 11 heteroatoms. The number of ether oxygens (including phenoxy) is 3.